The number of hydrogen-bond acceptors (Lipinski definition) is 7. The Hall–Kier alpha value is 2.19. The zero-order chi connectivity index (χ0) is 17.4. The zero-order valence-electron chi connectivity index (χ0n) is 12.9. The maximum absolute atomic E-state index is 9.63. The molecule has 0 aromatic carbocycles. The van der Waals surface area contributed by atoms with Gasteiger partial charge in [-0.1, -0.05) is 0 Å². The maximum atomic E-state index is 9.63. The molecule has 15 nitrogen and oxygen atoms in total. The predicted octanol–water partition coefficient (Wildman–Crippen LogP) is -7.58. The van der Waals surface area contributed by atoms with Crippen LogP contribution in [0.25, 0.3) is 0 Å². The first kappa shape index (κ1) is 35.3. The van der Waals surface area contributed by atoms with Crippen LogP contribution in [0.15, 0.2) is 0 Å². The molecule has 0 aliphatic heterocycles. The second-order valence-electron chi connectivity index (χ2n) is 2.13. The Balaban J connectivity index is -0.0000000378. The standard InChI is InChI=1S/CH2O.2Na.2H4O7P2.2H/c1-2;;;2*1-8(2,3)7-9(4,5)6;;/h1H2;;;2*(H2,1,2,3)(H2,4,5,6);;/q;2*+1;;;2*-1. The third kappa shape index (κ3) is 49.5. The minimum Gasteiger partial charge on any atom is -1.00 e. The van der Waals surface area contributed by atoms with Crippen molar-refractivity contribution in [2.45, 2.75) is 0 Å². The summed E-state index contributed by atoms with van der Waals surface area (Å²) in [6, 6.07) is 0. The first-order valence-electron chi connectivity index (χ1n) is 3.35. The van der Waals surface area contributed by atoms with Crippen molar-refractivity contribution in [2.24, 2.45) is 0 Å². The molecule has 0 aliphatic carbocycles. The van der Waals surface area contributed by atoms with Crippen LogP contribution in [0.4, 0.5) is 0 Å². The average molecular weight is 434 g/mol. The second-order valence-corrected chi connectivity index (χ2v) is 7.36. The second kappa shape index (κ2) is 14.4. The molecular weight excluding hydrogens is 422 g/mol. The van der Waals surface area contributed by atoms with Crippen LogP contribution in [0.1, 0.15) is 2.85 Å². The van der Waals surface area contributed by atoms with Crippen LogP contribution in [-0.4, -0.2) is 45.9 Å². The summed E-state index contributed by atoms with van der Waals surface area (Å²) in [5.74, 6) is 0. The van der Waals surface area contributed by atoms with Crippen LogP contribution >= 0.6 is 31.3 Å². The minimum atomic E-state index is -5.05. The van der Waals surface area contributed by atoms with Crippen molar-refractivity contribution in [1.82, 2.24) is 0 Å². The molecule has 21 heteroatoms. The molecule has 0 atom stereocenters. The summed E-state index contributed by atoms with van der Waals surface area (Å²) in [6.45, 7) is 2.00. The van der Waals surface area contributed by atoms with E-state index in [2.05, 4.69) is 8.62 Å². The largest absolute Gasteiger partial charge is 1.00 e. The fourth-order valence-corrected chi connectivity index (χ4v) is 2.49. The van der Waals surface area contributed by atoms with Crippen LogP contribution in [0.5, 0.6) is 0 Å². The van der Waals surface area contributed by atoms with Crippen molar-refractivity contribution < 1.29 is 133 Å². The predicted molar refractivity (Wildman–Crippen MR) is 59.7 cm³/mol. The van der Waals surface area contributed by atoms with E-state index in [0.29, 0.717) is 0 Å². The van der Waals surface area contributed by atoms with Gasteiger partial charge < -0.3 is 46.8 Å². The number of rotatable bonds is 4. The van der Waals surface area contributed by atoms with Gasteiger partial charge in [0.2, 0.25) is 0 Å². The van der Waals surface area contributed by atoms with E-state index in [1.165, 1.54) is 0 Å². The molecular formula is CH12Na2O15P4. The Morgan fingerprint density at radius 1 is 0.545 bits per heavy atom. The minimum absolute atomic E-state index is 0. The van der Waals surface area contributed by atoms with Crippen molar-refractivity contribution in [3.63, 3.8) is 0 Å². The zero-order valence-corrected chi connectivity index (χ0v) is 18.5. The SMILES string of the molecule is C=O.O=P(O)(O)OP(=O)(O)O.O=P(O)(O)OP(=O)(O)O.[H-].[H-].[Na+].[Na+]. The molecule has 0 bridgehead atoms. The smallest absolute Gasteiger partial charge is 1.00 e. The Morgan fingerprint density at radius 3 is 0.636 bits per heavy atom. The molecule has 0 fully saturated rings. The first-order chi connectivity index (χ1) is 8.41. The summed E-state index contributed by atoms with van der Waals surface area (Å²) >= 11 is 0. The summed E-state index contributed by atoms with van der Waals surface area (Å²) < 4.78 is 44.4. The van der Waals surface area contributed by atoms with E-state index in [0.717, 1.165) is 0 Å². The molecule has 0 aromatic heterocycles. The third-order valence-electron chi connectivity index (χ3n) is 0.425. The van der Waals surface area contributed by atoms with E-state index in [1.807, 2.05) is 6.79 Å². The summed E-state index contributed by atoms with van der Waals surface area (Å²) in [5.41, 5.74) is 0. The average Bonchev–Trinajstić information content (AvgIpc) is 1.93. The monoisotopic (exact) mass is 434 g/mol. The molecule has 0 aromatic rings. The van der Waals surface area contributed by atoms with Crippen molar-refractivity contribution in [3.8, 4) is 0 Å². The molecule has 0 rings (SSSR count). The van der Waals surface area contributed by atoms with E-state index < -0.39 is 31.3 Å². The normalized spacial score (nSPS) is 11.5. The quantitative estimate of drug-likeness (QED) is 0.151. The Kier molecular flexibility index (Phi) is 23.1. The van der Waals surface area contributed by atoms with Gasteiger partial charge in [-0.25, -0.2) is 18.3 Å². The molecule has 0 heterocycles. The van der Waals surface area contributed by atoms with Gasteiger partial charge in [-0.15, -0.1) is 0 Å². The molecule has 0 saturated carbocycles. The van der Waals surface area contributed by atoms with Crippen LogP contribution in [0.2, 0.25) is 0 Å². The summed E-state index contributed by atoms with van der Waals surface area (Å²) in [5, 5.41) is 0. The van der Waals surface area contributed by atoms with Gasteiger partial charge in [-0.3, -0.25) is 0 Å². The van der Waals surface area contributed by atoms with Gasteiger partial charge >= 0.3 is 90.4 Å². The van der Waals surface area contributed by atoms with Gasteiger partial charge in [0.1, 0.15) is 6.79 Å². The van der Waals surface area contributed by atoms with Crippen molar-refractivity contribution in [3.05, 3.63) is 0 Å². The summed E-state index contributed by atoms with van der Waals surface area (Å²) in [6.07, 6.45) is 0. The number of carbonyl (C=O) groups excluding carboxylic acids is 1. The van der Waals surface area contributed by atoms with E-state index in [4.69, 9.17) is 43.9 Å². The van der Waals surface area contributed by atoms with Gasteiger partial charge in [-0.2, -0.15) is 8.62 Å². The van der Waals surface area contributed by atoms with Gasteiger partial charge in [0.25, 0.3) is 0 Å². The number of hydrogen-bond donors (Lipinski definition) is 8. The molecule has 0 spiro atoms. The van der Waals surface area contributed by atoms with Gasteiger partial charge in [0.05, 0.1) is 0 Å². The molecule has 0 radical (unpaired) electrons. The fourth-order valence-electron chi connectivity index (χ4n) is 0.277. The van der Waals surface area contributed by atoms with E-state index >= 15 is 0 Å². The van der Waals surface area contributed by atoms with Crippen molar-refractivity contribution >= 4 is 38.1 Å². The topological polar surface area (TPSA) is 266 Å². The molecule has 0 unspecified atom stereocenters. The molecule has 0 saturated heterocycles. The first-order valence-corrected chi connectivity index (χ1v) is 9.47. The van der Waals surface area contributed by atoms with Gasteiger partial charge in [-0.05, 0) is 0 Å². The van der Waals surface area contributed by atoms with Gasteiger partial charge in [0.15, 0.2) is 0 Å². The summed E-state index contributed by atoms with van der Waals surface area (Å²) in [7, 11) is -20.2. The van der Waals surface area contributed by atoms with Crippen molar-refractivity contribution in [2.75, 3.05) is 0 Å². The molecule has 8 N–H and O–H groups in total. The van der Waals surface area contributed by atoms with E-state index in [1.54, 1.807) is 0 Å². The van der Waals surface area contributed by atoms with E-state index in [-0.39, 0.29) is 62.0 Å². The van der Waals surface area contributed by atoms with Crippen LogP contribution < -0.4 is 59.1 Å². The Labute approximate surface area is 169 Å². The number of phosphoric acid groups is 4. The molecule has 22 heavy (non-hydrogen) atoms. The third-order valence-corrected chi connectivity index (χ3v) is 3.83. The Morgan fingerprint density at radius 2 is 0.636 bits per heavy atom. The van der Waals surface area contributed by atoms with E-state index in [9.17, 15) is 18.3 Å². The van der Waals surface area contributed by atoms with Crippen LogP contribution in [0.3, 0.4) is 0 Å². The van der Waals surface area contributed by atoms with Gasteiger partial charge in [0, 0.05) is 0 Å². The van der Waals surface area contributed by atoms with Crippen molar-refractivity contribution in [1.29, 1.82) is 0 Å². The molecule has 0 amide bonds. The number of carbonyl (C=O) groups is 1. The molecule has 128 valence electrons. The molecule has 0 aliphatic rings. The summed E-state index contributed by atoms with van der Waals surface area (Å²) in [4.78, 5) is 70.0. The maximum Gasteiger partial charge on any atom is 1.00 e. The van der Waals surface area contributed by atoms with Crippen LogP contribution in [-0.2, 0) is 31.7 Å². The van der Waals surface area contributed by atoms with Crippen LogP contribution in [0, 0.1) is 0 Å². The Bertz CT molecular complexity index is 376. The fraction of sp³-hybridized carbons (Fsp3) is 0.